The second kappa shape index (κ2) is 4.23. The molecule has 0 spiro atoms. The van der Waals surface area contributed by atoms with Gasteiger partial charge in [-0.3, -0.25) is 0 Å². The molecule has 0 aliphatic heterocycles. The molecule has 0 fully saturated rings. The minimum Gasteiger partial charge on any atom is -0.322 e. The van der Waals surface area contributed by atoms with Crippen LogP contribution in [0.25, 0.3) is 10.2 Å². The van der Waals surface area contributed by atoms with Crippen LogP contribution in [0.15, 0.2) is 30.5 Å². The minimum absolute atomic E-state index is 0.158. The molecule has 2 aromatic heterocycles. The van der Waals surface area contributed by atoms with E-state index in [9.17, 15) is 0 Å². The maximum atomic E-state index is 6.04. The molecule has 1 unspecified atom stereocenters. The maximum Gasteiger partial charge on any atom is 0.0995 e. The van der Waals surface area contributed by atoms with Gasteiger partial charge in [0.05, 0.1) is 33.2 Å². The highest BCUT2D eigenvalue weighted by Crippen LogP contribution is 2.24. The van der Waals surface area contributed by atoms with Crippen LogP contribution in [0.5, 0.6) is 0 Å². The molecule has 0 saturated heterocycles. The van der Waals surface area contributed by atoms with E-state index < -0.39 is 0 Å². The Hall–Kier alpha value is -1.79. The zero-order valence-electron chi connectivity index (χ0n) is 9.00. The van der Waals surface area contributed by atoms with Crippen LogP contribution >= 0.6 is 11.3 Å². The molecule has 1 atom stereocenters. The Morgan fingerprint density at radius 1 is 1.35 bits per heavy atom. The predicted molar refractivity (Wildman–Crippen MR) is 66.6 cm³/mol. The fourth-order valence-corrected chi connectivity index (χ4v) is 2.71. The fraction of sp³-hybridized carbons (Fsp3) is 0.182. The second-order valence-corrected chi connectivity index (χ2v) is 4.90. The number of rotatable bonds is 3. The molecule has 0 bridgehead atoms. The average molecular weight is 245 g/mol. The Balaban J connectivity index is 1.85. The van der Waals surface area contributed by atoms with Crippen LogP contribution in [0.3, 0.4) is 0 Å². The Labute approximate surface area is 102 Å². The van der Waals surface area contributed by atoms with Crippen molar-refractivity contribution in [2.45, 2.75) is 12.5 Å². The lowest BCUT2D eigenvalue weighted by atomic mass is 10.2. The summed E-state index contributed by atoms with van der Waals surface area (Å²) in [5.41, 5.74) is 7.83. The van der Waals surface area contributed by atoms with Gasteiger partial charge >= 0.3 is 0 Å². The Morgan fingerprint density at radius 3 is 3.00 bits per heavy atom. The summed E-state index contributed by atoms with van der Waals surface area (Å²) in [6.45, 7) is 0. The molecule has 0 aliphatic carbocycles. The Morgan fingerprint density at radius 2 is 2.24 bits per heavy atom. The Bertz CT molecular complexity index is 583. The first-order valence-electron chi connectivity index (χ1n) is 5.28. The SMILES string of the molecule is NC(Cc1nc2ccccc2s1)c1cn[nH]n1. The zero-order valence-corrected chi connectivity index (χ0v) is 9.81. The number of H-pyrrole nitrogens is 1. The first-order chi connectivity index (χ1) is 8.33. The van der Waals surface area contributed by atoms with Gasteiger partial charge in [-0.1, -0.05) is 12.1 Å². The summed E-state index contributed by atoms with van der Waals surface area (Å²) in [5.74, 6) is 0. The summed E-state index contributed by atoms with van der Waals surface area (Å²) < 4.78 is 1.19. The van der Waals surface area contributed by atoms with Gasteiger partial charge in [0.2, 0.25) is 0 Å². The largest absolute Gasteiger partial charge is 0.322 e. The molecular formula is C11H11N5S. The number of nitrogens with one attached hydrogen (secondary N) is 1. The molecule has 3 aromatic rings. The number of fused-ring (bicyclic) bond motifs is 1. The van der Waals surface area contributed by atoms with E-state index in [0.29, 0.717) is 6.42 Å². The molecule has 0 amide bonds. The van der Waals surface area contributed by atoms with Crippen molar-refractivity contribution < 1.29 is 0 Å². The number of nitrogens with zero attached hydrogens (tertiary/aromatic N) is 3. The van der Waals surface area contributed by atoms with Crippen molar-refractivity contribution >= 4 is 21.6 Å². The van der Waals surface area contributed by atoms with Gasteiger partial charge in [0, 0.05) is 6.42 Å². The highest BCUT2D eigenvalue weighted by atomic mass is 32.1. The van der Waals surface area contributed by atoms with E-state index in [-0.39, 0.29) is 6.04 Å². The van der Waals surface area contributed by atoms with Crippen LogP contribution in [0.1, 0.15) is 16.7 Å². The maximum absolute atomic E-state index is 6.04. The van der Waals surface area contributed by atoms with Crippen molar-refractivity contribution in [3.8, 4) is 0 Å². The van der Waals surface area contributed by atoms with Gasteiger partial charge in [-0.15, -0.1) is 11.3 Å². The highest BCUT2D eigenvalue weighted by molar-refractivity contribution is 7.18. The quantitative estimate of drug-likeness (QED) is 0.735. The van der Waals surface area contributed by atoms with E-state index in [1.54, 1.807) is 17.5 Å². The van der Waals surface area contributed by atoms with Gasteiger partial charge in [-0.05, 0) is 12.1 Å². The second-order valence-electron chi connectivity index (χ2n) is 3.78. The van der Waals surface area contributed by atoms with Gasteiger partial charge in [0.1, 0.15) is 0 Å². The van der Waals surface area contributed by atoms with Gasteiger partial charge in [0.15, 0.2) is 0 Å². The van der Waals surface area contributed by atoms with Crippen molar-refractivity contribution in [2.75, 3.05) is 0 Å². The highest BCUT2D eigenvalue weighted by Gasteiger charge is 2.12. The number of hydrogen-bond acceptors (Lipinski definition) is 5. The van der Waals surface area contributed by atoms with E-state index in [1.165, 1.54) is 4.70 Å². The molecule has 2 heterocycles. The summed E-state index contributed by atoms with van der Waals surface area (Å²) in [4.78, 5) is 4.54. The van der Waals surface area contributed by atoms with E-state index in [4.69, 9.17) is 5.73 Å². The molecular weight excluding hydrogens is 234 g/mol. The standard InChI is InChI=1S/C11H11N5S/c12-7(9-6-13-16-15-9)5-11-14-8-3-1-2-4-10(8)17-11/h1-4,6-7H,5,12H2,(H,13,15,16). The predicted octanol–water partition coefficient (Wildman–Crippen LogP) is 1.66. The third-order valence-electron chi connectivity index (χ3n) is 2.55. The lowest BCUT2D eigenvalue weighted by Crippen LogP contribution is -2.13. The summed E-state index contributed by atoms with van der Waals surface area (Å²) in [6, 6.07) is 7.93. The van der Waals surface area contributed by atoms with Crippen molar-refractivity contribution in [2.24, 2.45) is 5.73 Å². The van der Waals surface area contributed by atoms with Gasteiger partial charge in [-0.25, -0.2) is 4.98 Å². The number of aromatic nitrogens is 4. The molecule has 0 aliphatic rings. The number of thiazole rings is 1. The van der Waals surface area contributed by atoms with Crippen LogP contribution < -0.4 is 5.73 Å². The van der Waals surface area contributed by atoms with E-state index in [2.05, 4.69) is 26.5 Å². The van der Waals surface area contributed by atoms with Gasteiger partial charge in [-0.2, -0.15) is 15.4 Å². The van der Waals surface area contributed by atoms with E-state index in [0.717, 1.165) is 16.2 Å². The van der Waals surface area contributed by atoms with Gasteiger partial charge < -0.3 is 5.73 Å². The molecule has 3 N–H and O–H groups in total. The summed E-state index contributed by atoms with van der Waals surface area (Å²) in [6.07, 6.45) is 2.34. The van der Waals surface area contributed by atoms with Crippen LogP contribution in [-0.4, -0.2) is 20.4 Å². The molecule has 17 heavy (non-hydrogen) atoms. The number of nitrogens with two attached hydrogens (primary N) is 1. The first kappa shape index (κ1) is 10.4. The lowest BCUT2D eigenvalue weighted by Gasteiger charge is -2.04. The molecule has 86 valence electrons. The number of hydrogen-bond donors (Lipinski definition) is 2. The van der Waals surface area contributed by atoms with E-state index in [1.807, 2.05) is 18.2 Å². The van der Waals surface area contributed by atoms with Crippen molar-refractivity contribution in [1.29, 1.82) is 0 Å². The third kappa shape index (κ3) is 2.04. The average Bonchev–Trinajstić information content (AvgIpc) is 2.97. The van der Waals surface area contributed by atoms with Crippen molar-refractivity contribution in [3.05, 3.63) is 41.2 Å². The zero-order chi connectivity index (χ0) is 11.7. The molecule has 5 nitrogen and oxygen atoms in total. The van der Waals surface area contributed by atoms with Crippen LogP contribution in [-0.2, 0) is 6.42 Å². The topological polar surface area (TPSA) is 80.5 Å². The van der Waals surface area contributed by atoms with Gasteiger partial charge in [0.25, 0.3) is 0 Å². The molecule has 0 saturated carbocycles. The lowest BCUT2D eigenvalue weighted by molar-refractivity contribution is 0.689. The monoisotopic (exact) mass is 245 g/mol. The van der Waals surface area contributed by atoms with Crippen LogP contribution in [0, 0.1) is 0 Å². The van der Waals surface area contributed by atoms with Crippen LogP contribution in [0.4, 0.5) is 0 Å². The van der Waals surface area contributed by atoms with Crippen molar-refractivity contribution in [3.63, 3.8) is 0 Å². The number of benzene rings is 1. The molecule has 6 heteroatoms. The first-order valence-corrected chi connectivity index (χ1v) is 6.10. The summed E-state index contributed by atoms with van der Waals surface area (Å²) in [5, 5.41) is 11.3. The summed E-state index contributed by atoms with van der Waals surface area (Å²) in [7, 11) is 0. The van der Waals surface area contributed by atoms with Crippen molar-refractivity contribution in [1.82, 2.24) is 20.4 Å². The smallest absolute Gasteiger partial charge is 0.0995 e. The third-order valence-corrected chi connectivity index (χ3v) is 3.60. The number of aromatic amines is 1. The fourth-order valence-electron chi connectivity index (χ4n) is 1.69. The Kier molecular flexibility index (Phi) is 2.58. The normalized spacial score (nSPS) is 13.0. The van der Waals surface area contributed by atoms with Crippen LogP contribution in [0.2, 0.25) is 0 Å². The molecule has 1 aromatic carbocycles. The molecule has 0 radical (unpaired) electrons. The number of para-hydroxylation sites is 1. The summed E-state index contributed by atoms with van der Waals surface area (Å²) >= 11 is 1.67. The molecule has 3 rings (SSSR count). The van der Waals surface area contributed by atoms with E-state index >= 15 is 0 Å². The minimum atomic E-state index is -0.158.